The molecule has 0 unspecified atom stereocenters. The van der Waals surface area contributed by atoms with E-state index in [1.165, 1.54) is 30.5 Å². The number of allylic oxidation sites excluding steroid dienone is 1. The number of carboxylic acid groups (broad SMARTS) is 1. The van der Waals surface area contributed by atoms with E-state index in [1.807, 2.05) is 0 Å². The molecule has 2 fully saturated rings. The Bertz CT molecular complexity index is 1140. The summed E-state index contributed by atoms with van der Waals surface area (Å²) in [6.07, 6.45) is 7.27. The standard InChI is InChI=1S/C24H23ClFN3O3/c25-21-10-15(26)4-7-20(21)24(8-9-24)23(32)29-17-5-6-18(19(11-17)22(30)31)14(12-27)13-28-16-2-1-3-16/h4-7,10-13,16H,1-3,8-9,27H2,(H,29,32)(H,30,31). The van der Waals surface area contributed by atoms with Gasteiger partial charge in [0.05, 0.1) is 11.0 Å². The van der Waals surface area contributed by atoms with Crippen molar-refractivity contribution < 1.29 is 19.1 Å². The van der Waals surface area contributed by atoms with Crippen LogP contribution in [0.5, 0.6) is 0 Å². The third-order valence-corrected chi connectivity index (χ3v) is 6.44. The molecule has 0 heterocycles. The first-order valence-electron chi connectivity index (χ1n) is 10.4. The minimum atomic E-state index is -1.14. The topological polar surface area (TPSA) is 105 Å². The molecule has 0 atom stereocenters. The fourth-order valence-corrected chi connectivity index (χ4v) is 4.19. The number of hydrogen-bond donors (Lipinski definition) is 3. The van der Waals surface area contributed by atoms with Crippen molar-refractivity contribution in [1.29, 1.82) is 0 Å². The summed E-state index contributed by atoms with van der Waals surface area (Å²) in [5, 5.41) is 12.7. The number of amides is 1. The average molecular weight is 456 g/mol. The van der Waals surface area contributed by atoms with Gasteiger partial charge in [-0.2, -0.15) is 0 Å². The number of aromatic carboxylic acids is 1. The molecular formula is C24H23ClFN3O3. The van der Waals surface area contributed by atoms with E-state index in [-0.39, 0.29) is 22.5 Å². The summed E-state index contributed by atoms with van der Waals surface area (Å²) in [6, 6.07) is 8.88. The highest BCUT2D eigenvalue weighted by atomic mass is 35.5. The number of halogens is 2. The van der Waals surface area contributed by atoms with E-state index in [2.05, 4.69) is 10.3 Å². The number of benzene rings is 2. The van der Waals surface area contributed by atoms with Crippen LogP contribution in [0.25, 0.3) is 5.57 Å². The second-order valence-corrected chi connectivity index (χ2v) is 8.62. The van der Waals surface area contributed by atoms with Crippen LogP contribution >= 0.6 is 11.6 Å². The molecule has 4 rings (SSSR count). The zero-order chi connectivity index (χ0) is 22.9. The van der Waals surface area contributed by atoms with Gasteiger partial charge >= 0.3 is 5.97 Å². The van der Waals surface area contributed by atoms with E-state index >= 15 is 0 Å². The molecule has 0 bridgehead atoms. The Hall–Kier alpha value is -3.19. The molecule has 166 valence electrons. The number of aliphatic imine (C=N–C) groups is 1. The van der Waals surface area contributed by atoms with Gasteiger partial charge < -0.3 is 16.2 Å². The Morgan fingerprint density at radius 2 is 1.94 bits per heavy atom. The molecule has 2 aromatic rings. The second kappa shape index (κ2) is 8.74. The minimum absolute atomic E-state index is 0.00391. The Labute approximate surface area is 190 Å². The smallest absolute Gasteiger partial charge is 0.336 e. The van der Waals surface area contributed by atoms with Gasteiger partial charge in [-0.15, -0.1) is 0 Å². The van der Waals surface area contributed by atoms with Gasteiger partial charge in [0.15, 0.2) is 0 Å². The molecule has 4 N–H and O–H groups in total. The summed E-state index contributed by atoms with van der Waals surface area (Å²) in [6.45, 7) is 0. The van der Waals surface area contributed by atoms with Crippen molar-refractivity contribution in [2.45, 2.75) is 43.6 Å². The van der Waals surface area contributed by atoms with Gasteiger partial charge in [-0.25, -0.2) is 9.18 Å². The van der Waals surface area contributed by atoms with E-state index in [0.29, 0.717) is 35.2 Å². The van der Waals surface area contributed by atoms with E-state index in [4.69, 9.17) is 17.3 Å². The molecule has 2 aliphatic rings. The van der Waals surface area contributed by atoms with Gasteiger partial charge in [-0.1, -0.05) is 23.7 Å². The molecule has 0 saturated heterocycles. The van der Waals surface area contributed by atoms with E-state index in [1.54, 1.807) is 18.3 Å². The molecule has 6 nitrogen and oxygen atoms in total. The lowest BCUT2D eigenvalue weighted by molar-refractivity contribution is -0.118. The third-order valence-electron chi connectivity index (χ3n) is 6.13. The van der Waals surface area contributed by atoms with Gasteiger partial charge in [0, 0.05) is 34.7 Å². The molecule has 2 aromatic carbocycles. The van der Waals surface area contributed by atoms with Crippen LogP contribution < -0.4 is 11.1 Å². The molecular weight excluding hydrogens is 433 g/mol. The van der Waals surface area contributed by atoms with E-state index < -0.39 is 17.2 Å². The Kier molecular flexibility index (Phi) is 6.02. The minimum Gasteiger partial charge on any atom is -0.478 e. The van der Waals surface area contributed by atoms with Crippen LogP contribution in [0.4, 0.5) is 10.1 Å². The summed E-state index contributed by atoms with van der Waals surface area (Å²) in [4.78, 5) is 29.4. The van der Waals surface area contributed by atoms with Crippen molar-refractivity contribution in [2.24, 2.45) is 10.7 Å². The third kappa shape index (κ3) is 4.25. The quantitative estimate of drug-likeness (QED) is 0.523. The first-order valence-corrected chi connectivity index (χ1v) is 10.8. The molecule has 2 aliphatic carbocycles. The highest BCUT2D eigenvalue weighted by Gasteiger charge is 2.52. The Balaban J connectivity index is 1.58. The van der Waals surface area contributed by atoms with Crippen molar-refractivity contribution in [3.63, 3.8) is 0 Å². The number of carbonyl (C=O) groups is 2. The van der Waals surface area contributed by atoms with Crippen LogP contribution in [0.15, 0.2) is 47.6 Å². The van der Waals surface area contributed by atoms with Crippen molar-refractivity contribution in [3.8, 4) is 0 Å². The Morgan fingerprint density at radius 1 is 1.19 bits per heavy atom. The number of carbonyl (C=O) groups excluding carboxylic acids is 1. The number of nitrogens with two attached hydrogens (primary N) is 1. The molecule has 32 heavy (non-hydrogen) atoms. The summed E-state index contributed by atoms with van der Waals surface area (Å²) in [5.74, 6) is -1.92. The maximum atomic E-state index is 13.4. The fraction of sp³-hybridized carbons (Fsp3) is 0.292. The Morgan fingerprint density at radius 3 is 2.50 bits per heavy atom. The normalized spacial score (nSPS) is 17.8. The number of carboxylic acids is 1. The van der Waals surface area contributed by atoms with Crippen molar-refractivity contribution in [1.82, 2.24) is 0 Å². The number of rotatable bonds is 7. The van der Waals surface area contributed by atoms with Gasteiger partial charge in [0.1, 0.15) is 5.82 Å². The highest BCUT2D eigenvalue weighted by Crippen LogP contribution is 2.51. The molecule has 1 amide bonds. The van der Waals surface area contributed by atoms with Gasteiger partial charge in [0.25, 0.3) is 0 Å². The van der Waals surface area contributed by atoms with Crippen LogP contribution in [-0.2, 0) is 10.2 Å². The number of anilines is 1. The van der Waals surface area contributed by atoms with Crippen LogP contribution in [0.3, 0.4) is 0 Å². The van der Waals surface area contributed by atoms with Crippen LogP contribution in [0.1, 0.15) is 53.6 Å². The molecule has 2 saturated carbocycles. The number of nitrogens with zero attached hydrogens (tertiary/aromatic N) is 1. The van der Waals surface area contributed by atoms with Crippen molar-refractivity contribution in [3.05, 3.63) is 70.1 Å². The number of hydrogen-bond acceptors (Lipinski definition) is 4. The fourth-order valence-electron chi connectivity index (χ4n) is 3.85. The van der Waals surface area contributed by atoms with Crippen molar-refractivity contribution in [2.75, 3.05) is 5.32 Å². The first-order chi connectivity index (χ1) is 15.3. The second-order valence-electron chi connectivity index (χ2n) is 8.21. The molecule has 0 spiro atoms. The summed E-state index contributed by atoms with van der Waals surface area (Å²) >= 11 is 6.18. The monoisotopic (exact) mass is 455 g/mol. The predicted molar refractivity (Wildman–Crippen MR) is 123 cm³/mol. The van der Waals surface area contributed by atoms with Crippen LogP contribution in [0.2, 0.25) is 5.02 Å². The molecule has 0 aromatic heterocycles. The summed E-state index contributed by atoms with van der Waals surface area (Å²) < 4.78 is 13.4. The van der Waals surface area contributed by atoms with Crippen LogP contribution in [0, 0.1) is 5.82 Å². The molecule has 8 heteroatoms. The van der Waals surface area contributed by atoms with Gasteiger partial charge in [-0.05, 0) is 67.5 Å². The van der Waals surface area contributed by atoms with Crippen molar-refractivity contribution >= 4 is 41.0 Å². The zero-order valence-electron chi connectivity index (χ0n) is 17.3. The highest BCUT2D eigenvalue weighted by molar-refractivity contribution is 6.32. The first kappa shape index (κ1) is 22.0. The zero-order valence-corrected chi connectivity index (χ0v) is 18.0. The maximum absolute atomic E-state index is 13.4. The molecule has 0 radical (unpaired) electrons. The number of nitrogens with one attached hydrogen (secondary N) is 1. The molecule has 0 aliphatic heterocycles. The average Bonchev–Trinajstić information content (AvgIpc) is 3.52. The lowest BCUT2D eigenvalue weighted by Crippen LogP contribution is -2.28. The van der Waals surface area contributed by atoms with E-state index in [9.17, 15) is 19.1 Å². The lowest BCUT2D eigenvalue weighted by Gasteiger charge is -2.21. The lowest BCUT2D eigenvalue weighted by atomic mass is 9.93. The predicted octanol–water partition coefficient (Wildman–Crippen LogP) is 4.77. The largest absolute Gasteiger partial charge is 0.478 e. The van der Waals surface area contributed by atoms with E-state index in [0.717, 1.165) is 19.3 Å². The van der Waals surface area contributed by atoms with Gasteiger partial charge in [-0.3, -0.25) is 9.79 Å². The SMILES string of the molecule is NC=C(C=NC1CCC1)c1ccc(NC(=O)C2(c3ccc(F)cc3Cl)CC2)cc1C(=O)O. The van der Waals surface area contributed by atoms with Gasteiger partial charge in [0.2, 0.25) is 5.91 Å². The summed E-state index contributed by atoms with van der Waals surface area (Å²) in [5.41, 5.74) is 6.73. The maximum Gasteiger partial charge on any atom is 0.336 e. The van der Waals surface area contributed by atoms with Crippen LogP contribution in [-0.4, -0.2) is 29.2 Å². The summed E-state index contributed by atoms with van der Waals surface area (Å²) in [7, 11) is 0.